The van der Waals surface area contributed by atoms with Gasteiger partial charge in [-0.05, 0) is 13.1 Å². The highest BCUT2D eigenvalue weighted by Crippen LogP contribution is 2.19. The van der Waals surface area contributed by atoms with Crippen LogP contribution in [0.4, 0.5) is 0 Å². The van der Waals surface area contributed by atoms with Crippen molar-refractivity contribution in [1.29, 1.82) is 0 Å². The van der Waals surface area contributed by atoms with Crippen molar-refractivity contribution in [3.8, 4) is 0 Å². The Morgan fingerprint density at radius 3 is 2.40 bits per heavy atom. The largest absolute Gasteiger partial charge is 0.411 e. The Hall–Kier alpha value is 0.497. The molecule has 0 N–H and O–H groups in total. The van der Waals surface area contributed by atoms with E-state index in [1.165, 1.54) is 0 Å². The minimum absolute atomic E-state index is 0.368. The monoisotopic (exact) mass is 198 g/mol. The van der Waals surface area contributed by atoms with Crippen LogP contribution >= 0.6 is 23.2 Å². The van der Waals surface area contributed by atoms with Gasteiger partial charge in [0.05, 0.1) is 6.61 Å². The van der Waals surface area contributed by atoms with E-state index in [-0.39, 0.29) is 4.46 Å². The van der Waals surface area contributed by atoms with E-state index in [1.54, 1.807) is 6.08 Å². The molecule has 0 aromatic carbocycles. The molecule has 10 heavy (non-hydrogen) atoms. The van der Waals surface area contributed by atoms with Crippen molar-refractivity contribution in [3.05, 3.63) is 12.7 Å². The van der Waals surface area contributed by atoms with Crippen LogP contribution in [0.15, 0.2) is 12.7 Å². The summed E-state index contributed by atoms with van der Waals surface area (Å²) in [6, 6.07) is 0. The Kier molecular flexibility index (Phi) is 4.61. The third kappa shape index (κ3) is 3.61. The van der Waals surface area contributed by atoms with Crippen molar-refractivity contribution >= 4 is 31.5 Å². The zero-order chi connectivity index (χ0) is 8.20. The number of hydrogen-bond acceptors (Lipinski definition) is 1. The van der Waals surface area contributed by atoms with Crippen LogP contribution < -0.4 is 0 Å². The molecule has 0 aromatic heterocycles. The Balaban J connectivity index is 3.74. The Morgan fingerprint density at radius 2 is 2.10 bits per heavy atom. The van der Waals surface area contributed by atoms with Crippen LogP contribution in [0.3, 0.4) is 0 Å². The summed E-state index contributed by atoms with van der Waals surface area (Å²) in [5.41, 5.74) is 0. The van der Waals surface area contributed by atoms with E-state index in [9.17, 15) is 0 Å². The van der Waals surface area contributed by atoms with Gasteiger partial charge in [-0.15, -0.1) is 29.8 Å². The van der Waals surface area contributed by atoms with Gasteiger partial charge in [0.25, 0.3) is 0 Å². The molecular weight excluding hydrogens is 187 g/mol. The molecule has 0 atom stereocenters. The lowest BCUT2D eigenvalue weighted by Crippen LogP contribution is -2.38. The quantitative estimate of drug-likeness (QED) is 0.384. The molecule has 0 aliphatic heterocycles. The van der Waals surface area contributed by atoms with E-state index in [2.05, 4.69) is 6.58 Å². The van der Waals surface area contributed by atoms with Gasteiger partial charge in [0.1, 0.15) is 4.46 Å². The summed E-state index contributed by atoms with van der Waals surface area (Å²) in [4.78, 5) is 0. The fourth-order valence-electron chi connectivity index (χ4n) is 0.337. The van der Waals surface area contributed by atoms with E-state index in [0.717, 1.165) is 0 Å². The van der Waals surface area contributed by atoms with E-state index >= 15 is 0 Å². The van der Waals surface area contributed by atoms with Gasteiger partial charge in [-0.3, -0.25) is 0 Å². The van der Waals surface area contributed by atoms with Crippen molar-refractivity contribution in [2.24, 2.45) is 0 Å². The maximum atomic E-state index is 5.67. The molecule has 0 aromatic rings. The molecule has 0 aliphatic carbocycles. The maximum Gasteiger partial charge on any atom is 0.220 e. The maximum absolute atomic E-state index is 5.67. The molecule has 0 radical (unpaired) electrons. The van der Waals surface area contributed by atoms with Crippen LogP contribution in [0.5, 0.6) is 0 Å². The van der Waals surface area contributed by atoms with Gasteiger partial charge in [-0.2, -0.15) is 0 Å². The molecule has 0 bridgehead atoms. The van der Waals surface area contributed by atoms with Crippen LogP contribution in [0.2, 0.25) is 13.1 Å². The molecule has 1 nitrogen and oxygen atoms in total. The number of alkyl halides is 2. The molecule has 60 valence electrons. The summed E-state index contributed by atoms with van der Waals surface area (Å²) < 4.78 is 5.03. The first-order valence-electron chi connectivity index (χ1n) is 3.03. The third-order valence-corrected chi connectivity index (χ3v) is 6.21. The topological polar surface area (TPSA) is 9.23 Å². The molecular formula is C6H12Cl2OSi. The minimum Gasteiger partial charge on any atom is -0.411 e. The molecule has 0 amide bonds. The summed E-state index contributed by atoms with van der Waals surface area (Å²) >= 11 is 11.3. The molecule has 0 saturated heterocycles. The molecule has 0 fully saturated rings. The second kappa shape index (κ2) is 4.39. The van der Waals surface area contributed by atoms with E-state index < -0.39 is 8.32 Å². The Bertz CT molecular complexity index is 114. The second-order valence-corrected chi connectivity index (χ2v) is 8.40. The van der Waals surface area contributed by atoms with Gasteiger partial charge in [0.2, 0.25) is 8.32 Å². The lowest BCUT2D eigenvalue weighted by atomic mass is 10.7. The second-order valence-electron chi connectivity index (χ2n) is 2.50. The van der Waals surface area contributed by atoms with Crippen molar-refractivity contribution in [3.63, 3.8) is 0 Å². The average molecular weight is 199 g/mol. The lowest BCUT2D eigenvalue weighted by molar-refractivity contribution is 0.355. The number of halogens is 2. The van der Waals surface area contributed by atoms with Gasteiger partial charge in [-0.25, -0.2) is 0 Å². The molecule has 0 heterocycles. The smallest absolute Gasteiger partial charge is 0.220 e. The zero-order valence-electron chi connectivity index (χ0n) is 6.23. The Morgan fingerprint density at radius 1 is 1.60 bits per heavy atom. The highest BCUT2D eigenvalue weighted by molar-refractivity contribution is 6.88. The Labute approximate surface area is 73.1 Å². The lowest BCUT2D eigenvalue weighted by Gasteiger charge is -2.22. The highest BCUT2D eigenvalue weighted by atomic mass is 35.5. The van der Waals surface area contributed by atoms with Crippen LogP contribution in [0.25, 0.3) is 0 Å². The number of rotatable bonds is 4. The van der Waals surface area contributed by atoms with Crippen molar-refractivity contribution in [2.45, 2.75) is 17.6 Å². The predicted molar refractivity (Wildman–Crippen MR) is 49.1 cm³/mol. The van der Waals surface area contributed by atoms with Gasteiger partial charge >= 0.3 is 0 Å². The van der Waals surface area contributed by atoms with E-state index in [1.807, 2.05) is 13.1 Å². The highest BCUT2D eigenvalue weighted by Gasteiger charge is 2.30. The molecule has 0 spiro atoms. The SMILES string of the molecule is C=CCO[Si](C)(C)C(Cl)Cl. The van der Waals surface area contributed by atoms with Gasteiger partial charge in [0, 0.05) is 0 Å². The summed E-state index contributed by atoms with van der Waals surface area (Å²) in [5, 5.41) is 0. The molecule has 0 unspecified atom stereocenters. The van der Waals surface area contributed by atoms with Crippen LogP contribution in [0, 0.1) is 0 Å². The molecule has 0 rings (SSSR count). The van der Waals surface area contributed by atoms with Crippen molar-refractivity contribution in [1.82, 2.24) is 0 Å². The summed E-state index contributed by atoms with van der Waals surface area (Å²) in [6.07, 6.45) is 1.70. The summed E-state index contributed by atoms with van der Waals surface area (Å²) in [6.45, 7) is 8.02. The van der Waals surface area contributed by atoms with Crippen LogP contribution in [0.1, 0.15) is 0 Å². The summed E-state index contributed by atoms with van der Waals surface area (Å²) in [5.74, 6) is 0. The molecule has 0 aliphatic rings. The molecule has 0 saturated carbocycles. The third-order valence-electron chi connectivity index (χ3n) is 1.10. The minimum atomic E-state index is -1.84. The molecule has 4 heteroatoms. The fraction of sp³-hybridized carbons (Fsp3) is 0.667. The standard InChI is InChI=1S/C6H12Cl2OSi/c1-4-5-9-10(2,3)6(7)8/h4,6H,1,5H2,2-3H3. The zero-order valence-corrected chi connectivity index (χ0v) is 8.74. The van der Waals surface area contributed by atoms with Gasteiger partial charge < -0.3 is 4.43 Å². The van der Waals surface area contributed by atoms with E-state index in [4.69, 9.17) is 27.6 Å². The number of hydrogen-bond donors (Lipinski definition) is 0. The van der Waals surface area contributed by atoms with Gasteiger partial charge in [0.15, 0.2) is 0 Å². The van der Waals surface area contributed by atoms with Crippen molar-refractivity contribution in [2.75, 3.05) is 6.61 Å². The van der Waals surface area contributed by atoms with Gasteiger partial charge in [-0.1, -0.05) is 6.08 Å². The van der Waals surface area contributed by atoms with Crippen molar-refractivity contribution < 1.29 is 4.43 Å². The summed E-state index contributed by atoms with van der Waals surface area (Å²) in [7, 11) is -1.84. The first-order chi connectivity index (χ1) is 4.50. The van der Waals surface area contributed by atoms with Crippen LogP contribution in [-0.4, -0.2) is 19.4 Å². The first kappa shape index (κ1) is 10.5. The van der Waals surface area contributed by atoms with Crippen LogP contribution in [-0.2, 0) is 4.43 Å². The first-order valence-corrected chi connectivity index (χ1v) is 6.89. The average Bonchev–Trinajstić information content (AvgIpc) is 1.84. The van der Waals surface area contributed by atoms with E-state index in [0.29, 0.717) is 6.61 Å². The fourth-order valence-corrected chi connectivity index (χ4v) is 1.39. The predicted octanol–water partition coefficient (Wildman–Crippen LogP) is 2.74. The normalized spacial score (nSPS) is 12.1.